The monoisotopic (exact) mass is 235 g/mol. The Morgan fingerprint density at radius 1 is 1.29 bits per heavy atom. The summed E-state index contributed by atoms with van der Waals surface area (Å²) < 4.78 is 13.6. The molecule has 1 aromatic rings. The van der Waals surface area contributed by atoms with E-state index in [1.165, 1.54) is 12.8 Å². The minimum Gasteiger partial charge on any atom is -0.314 e. The number of hydrogen-bond donors (Lipinski definition) is 1. The Morgan fingerprint density at radius 3 is 2.59 bits per heavy atom. The number of nitrogens with one attached hydrogen (secondary N) is 1. The highest BCUT2D eigenvalue weighted by atomic mass is 19.1. The predicted molar refractivity (Wildman–Crippen MR) is 69.5 cm³/mol. The standard InChI is InChI=1S/C15H22FN/c1-11(2)17-10-14(12-7-8-12)9-13-5-3-4-6-15(13)16/h3-6,11-12,14,17H,7-10H2,1-2H3. The molecule has 0 spiro atoms. The molecule has 94 valence electrons. The molecule has 1 aliphatic carbocycles. The molecule has 1 saturated carbocycles. The molecule has 1 unspecified atom stereocenters. The maximum atomic E-state index is 13.6. The van der Waals surface area contributed by atoms with Gasteiger partial charge in [0.05, 0.1) is 0 Å². The molecular weight excluding hydrogens is 213 g/mol. The lowest BCUT2D eigenvalue weighted by Crippen LogP contribution is -2.31. The lowest BCUT2D eigenvalue weighted by Gasteiger charge is -2.19. The largest absolute Gasteiger partial charge is 0.314 e. The minimum absolute atomic E-state index is 0.0531. The van der Waals surface area contributed by atoms with E-state index in [4.69, 9.17) is 0 Å². The average molecular weight is 235 g/mol. The summed E-state index contributed by atoms with van der Waals surface area (Å²) in [7, 11) is 0. The fourth-order valence-electron chi connectivity index (χ4n) is 2.31. The van der Waals surface area contributed by atoms with Gasteiger partial charge in [0.15, 0.2) is 0 Å². The molecule has 0 aliphatic heterocycles. The molecule has 1 nitrogen and oxygen atoms in total. The van der Waals surface area contributed by atoms with E-state index in [0.717, 1.165) is 24.4 Å². The first kappa shape index (κ1) is 12.6. The van der Waals surface area contributed by atoms with Crippen molar-refractivity contribution in [3.8, 4) is 0 Å². The van der Waals surface area contributed by atoms with Gasteiger partial charge in [-0.2, -0.15) is 0 Å². The molecular formula is C15H22FN. The summed E-state index contributed by atoms with van der Waals surface area (Å²) in [5.41, 5.74) is 0.870. The van der Waals surface area contributed by atoms with Gasteiger partial charge in [-0.05, 0) is 49.3 Å². The summed E-state index contributed by atoms with van der Waals surface area (Å²) in [6, 6.07) is 7.68. The number of rotatable bonds is 6. The Morgan fingerprint density at radius 2 is 2.00 bits per heavy atom. The smallest absolute Gasteiger partial charge is 0.126 e. The second-order valence-corrected chi connectivity index (χ2v) is 5.46. The summed E-state index contributed by atoms with van der Waals surface area (Å²) >= 11 is 0. The molecule has 1 aliphatic rings. The molecule has 0 radical (unpaired) electrons. The average Bonchev–Trinajstić information content (AvgIpc) is 3.10. The number of hydrogen-bond acceptors (Lipinski definition) is 1. The highest BCUT2D eigenvalue weighted by Crippen LogP contribution is 2.38. The van der Waals surface area contributed by atoms with E-state index >= 15 is 0 Å². The first-order valence-corrected chi connectivity index (χ1v) is 6.63. The molecule has 2 rings (SSSR count). The van der Waals surface area contributed by atoms with Crippen molar-refractivity contribution in [2.45, 2.75) is 39.2 Å². The van der Waals surface area contributed by atoms with Crippen molar-refractivity contribution in [3.05, 3.63) is 35.6 Å². The van der Waals surface area contributed by atoms with Crippen molar-refractivity contribution in [3.63, 3.8) is 0 Å². The Hall–Kier alpha value is -0.890. The summed E-state index contributed by atoms with van der Waals surface area (Å²) in [6.45, 7) is 5.33. The van der Waals surface area contributed by atoms with Crippen molar-refractivity contribution < 1.29 is 4.39 Å². The van der Waals surface area contributed by atoms with E-state index in [2.05, 4.69) is 19.2 Å². The van der Waals surface area contributed by atoms with E-state index in [-0.39, 0.29) is 5.82 Å². The molecule has 2 heteroatoms. The quantitative estimate of drug-likeness (QED) is 0.797. The van der Waals surface area contributed by atoms with Gasteiger partial charge in [0, 0.05) is 6.04 Å². The van der Waals surface area contributed by atoms with E-state index < -0.39 is 0 Å². The van der Waals surface area contributed by atoms with Crippen LogP contribution in [0.15, 0.2) is 24.3 Å². The number of benzene rings is 1. The van der Waals surface area contributed by atoms with Gasteiger partial charge >= 0.3 is 0 Å². The third-order valence-electron chi connectivity index (χ3n) is 3.52. The first-order valence-electron chi connectivity index (χ1n) is 6.63. The third kappa shape index (κ3) is 3.81. The van der Waals surface area contributed by atoms with Crippen LogP contribution in [-0.4, -0.2) is 12.6 Å². The minimum atomic E-state index is -0.0531. The SMILES string of the molecule is CC(C)NCC(Cc1ccccc1F)C1CC1. The fraction of sp³-hybridized carbons (Fsp3) is 0.600. The number of halogens is 1. The van der Waals surface area contributed by atoms with E-state index in [1.54, 1.807) is 12.1 Å². The van der Waals surface area contributed by atoms with Crippen molar-refractivity contribution in [1.82, 2.24) is 5.32 Å². The van der Waals surface area contributed by atoms with Gasteiger partial charge < -0.3 is 5.32 Å². The van der Waals surface area contributed by atoms with Crippen LogP contribution < -0.4 is 5.32 Å². The van der Waals surface area contributed by atoms with Gasteiger partial charge in [0.1, 0.15) is 5.82 Å². The van der Waals surface area contributed by atoms with Gasteiger partial charge in [0.25, 0.3) is 0 Å². The zero-order valence-electron chi connectivity index (χ0n) is 10.7. The maximum absolute atomic E-state index is 13.6. The molecule has 1 atom stereocenters. The van der Waals surface area contributed by atoms with Crippen LogP contribution in [0.1, 0.15) is 32.3 Å². The van der Waals surface area contributed by atoms with Crippen LogP contribution >= 0.6 is 0 Å². The normalized spacial score (nSPS) is 17.4. The fourth-order valence-corrected chi connectivity index (χ4v) is 2.31. The Balaban J connectivity index is 1.95. The Labute approximate surface area is 103 Å². The lowest BCUT2D eigenvalue weighted by atomic mass is 9.94. The van der Waals surface area contributed by atoms with Crippen LogP contribution in [0.3, 0.4) is 0 Å². The zero-order chi connectivity index (χ0) is 12.3. The summed E-state index contributed by atoms with van der Waals surface area (Å²) in [5.74, 6) is 1.35. The second kappa shape index (κ2) is 5.63. The van der Waals surface area contributed by atoms with Gasteiger partial charge in [-0.25, -0.2) is 4.39 Å². The first-order chi connectivity index (χ1) is 8.16. The van der Waals surface area contributed by atoms with Crippen LogP contribution in [0.25, 0.3) is 0 Å². The Kier molecular flexibility index (Phi) is 4.16. The molecule has 1 fully saturated rings. The van der Waals surface area contributed by atoms with Crippen LogP contribution in [0.4, 0.5) is 4.39 Å². The van der Waals surface area contributed by atoms with Crippen molar-refractivity contribution in [2.24, 2.45) is 11.8 Å². The van der Waals surface area contributed by atoms with Gasteiger partial charge in [0.2, 0.25) is 0 Å². The van der Waals surface area contributed by atoms with E-state index in [9.17, 15) is 4.39 Å². The van der Waals surface area contributed by atoms with Crippen LogP contribution in [0.2, 0.25) is 0 Å². The molecule has 1 N–H and O–H groups in total. The van der Waals surface area contributed by atoms with Gasteiger partial charge in [-0.1, -0.05) is 32.0 Å². The van der Waals surface area contributed by atoms with Gasteiger partial charge in [-0.15, -0.1) is 0 Å². The molecule has 0 bridgehead atoms. The van der Waals surface area contributed by atoms with Crippen LogP contribution in [0, 0.1) is 17.7 Å². The molecule has 0 aromatic heterocycles. The predicted octanol–water partition coefficient (Wildman–Crippen LogP) is 3.39. The molecule has 17 heavy (non-hydrogen) atoms. The second-order valence-electron chi connectivity index (χ2n) is 5.46. The van der Waals surface area contributed by atoms with Crippen LogP contribution in [-0.2, 0) is 6.42 Å². The summed E-state index contributed by atoms with van der Waals surface area (Å²) in [4.78, 5) is 0. The topological polar surface area (TPSA) is 12.0 Å². The van der Waals surface area contributed by atoms with Crippen molar-refractivity contribution in [2.75, 3.05) is 6.54 Å². The molecule has 1 aromatic carbocycles. The molecule has 0 amide bonds. The maximum Gasteiger partial charge on any atom is 0.126 e. The zero-order valence-corrected chi connectivity index (χ0v) is 10.7. The highest BCUT2D eigenvalue weighted by molar-refractivity contribution is 5.18. The van der Waals surface area contributed by atoms with Crippen molar-refractivity contribution in [1.29, 1.82) is 0 Å². The van der Waals surface area contributed by atoms with E-state index in [0.29, 0.717) is 12.0 Å². The molecule has 0 heterocycles. The summed E-state index contributed by atoms with van der Waals surface area (Å²) in [6.07, 6.45) is 3.51. The lowest BCUT2D eigenvalue weighted by molar-refractivity contribution is 0.399. The molecule has 0 saturated heterocycles. The third-order valence-corrected chi connectivity index (χ3v) is 3.52. The summed E-state index contributed by atoms with van der Waals surface area (Å²) in [5, 5.41) is 3.48. The van der Waals surface area contributed by atoms with E-state index in [1.807, 2.05) is 12.1 Å². The van der Waals surface area contributed by atoms with Gasteiger partial charge in [-0.3, -0.25) is 0 Å². The van der Waals surface area contributed by atoms with Crippen molar-refractivity contribution >= 4 is 0 Å². The highest BCUT2D eigenvalue weighted by Gasteiger charge is 2.31. The Bertz CT molecular complexity index is 358. The van der Waals surface area contributed by atoms with Crippen LogP contribution in [0.5, 0.6) is 0 Å².